The van der Waals surface area contributed by atoms with Gasteiger partial charge in [0.1, 0.15) is 5.78 Å². The number of benzene rings is 1. The summed E-state index contributed by atoms with van der Waals surface area (Å²) in [6, 6.07) is 8.30. The second-order valence-corrected chi connectivity index (χ2v) is 15.4. The van der Waals surface area contributed by atoms with Gasteiger partial charge in [0.15, 0.2) is 11.5 Å². The first-order valence-electron chi connectivity index (χ1n) is 18.9. The van der Waals surface area contributed by atoms with Crippen molar-refractivity contribution in [1.82, 2.24) is 15.1 Å². The van der Waals surface area contributed by atoms with Crippen molar-refractivity contribution in [1.29, 1.82) is 0 Å². The van der Waals surface area contributed by atoms with Crippen molar-refractivity contribution in [3.05, 3.63) is 35.9 Å². The molecule has 12 heteroatoms. The van der Waals surface area contributed by atoms with Crippen LogP contribution in [0.2, 0.25) is 0 Å². The fourth-order valence-electron chi connectivity index (χ4n) is 8.07. The van der Waals surface area contributed by atoms with E-state index < -0.39 is 59.5 Å². The molecule has 9 atom stereocenters. The molecule has 2 amide bonds. The number of alkyl halides is 1. The monoisotopic (exact) mass is 731 g/mol. The van der Waals surface area contributed by atoms with Crippen LogP contribution in [0.3, 0.4) is 0 Å². The number of methoxy groups -OCH3 is 2. The van der Waals surface area contributed by atoms with E-state index in [4.69, 9.17) is 9.47 Å². The predicted octanol–water partition coefficient (Wildman–Crippen LogP) is 4.74. The number of Topliss-reactive ketones (excluding diaryl/α,β-unsaturated/α-hetero) is 2. The number of carboxylic acid groups (broad SMARTS) is 1. The normalized spacial score (nSPS) is 23.0. The average Bonchev–Trinajstić information content (AvgIpc) is 3.80. The Balaban J connectivity index is 1.76. The van der Waals surface area contributed by atoms with Gasteiger partial charge >= 0.3 is 5.97 Å². The van der Waals surface area contributed by atoms with Gasteiger partial charge in [-0.25, -0.2) is 4.39 Å². The molecule has 0 spiro atoms. The highest BCUT2D eigenvalue weighted by molar-refractivity contribution is 5.92. The van der Waals surface area contributed by atoms with Crippen LogP contribution in [-0.2, 0) is 39.9 Å². The zero-order valence-corrected chi connectivity index (χ0v) is 32.4. The molecule has 2 saturated heterocycles. The van der Waals surface area contributed by atoms with Crippen molar-refractivity contribution in [3.63, 3.8) is 0 Å². The van der Waals surface area contributed by atoms with Gasteiger partial charge in [-0.3, -0.25) is 24.0 Å². The molecule has 292 valence electrons. The molecule has 2 N–H and O–H groups in total. The number of aliphatic carboxylic acids is 1. The number of likely N-dealkylation sites (N-methyl/N-ethyl adjacent to an activating group) is 1. The fourth-order valence-corrected chi connectivity index (χ4v) is 8.07. The van der Waals surface area contributed by atoms with E-state index in [1.54, 1.807) is 23.8 Å². The molecule has 1 aromatic carbocycles. The van der Waals surface area contributed by atoms with Crippen LogP contribution in [0.1, 0.15) is 85.1 Å². The van der Waals surface area contributed by atoms with Gasteiger partial charge in [0.25, 0.3) is 0 Å². The molecule has 0 radical (unpaired) electrons. The number of likely N-dealkylation sites (tertiary alicyclic amines) is 1. The first-order chi connectivity index (χ1) is 24.6. The summed E-state index contributed by atoms with van der Waals surface area (Å²) in [7, 11) is 4.70. The summed E-state index contributed by atoms with van der Waals surface area (Å²) < 4.78 is 27.2. The van der Waals surface area contributed by atoms with Gasteiger partial charge in [0, 0.05) is 65.5 Å². The molecule has 2 heterocycles. The Labute approximate surface area is 309 Å². The largest absolute Gasteiger partial charge is 0.481 e. The minimum atomic E-state index is -1.97. The molecule has 0 unspecified atom stereocenters. The lowest BCUT2D eigenvalue weighted by Gasteiger charge is -2.41. The molecule has 0 aliphatic carbocycles. The standard InChI is InChI=1S/C40H62FN3O8/c1-9-26(4)36(43(6)38(48)30(25(2)3)22-34(46)40(41)17-18-42-24-40)33(51-7)23-35(47)44-19-13-16-31(44)37(52-8)27(5)32(45)21-29(39(49)50)20-28-14-11-10-12-15-28/h10-12,14-15,25-27,29-31,33,36-37,42H,9,13,16-24H2,1-8H3,(H,49,50)/t26-,27-,29+,30-,31-,33+,36-,37+,40-/m0/s1. The highest BCUT2D eigenvalue weighted by Crippen LogP contribution is 2.32. The molecule has 2 aliphatic rings. The minimum absolute atomic E-state index is 0.0267. The van der Waals surface area contributed by atoms with Crippen molar-refractivity contribution in [3.8, 4) is 0 Å². The Morgan fingerprint density at radius 3 is 2.25 bits per heavy atom. The van der Waals surface area contributed by atoms with Gasteiger partial charge in [-0.05, 0) is 43.2 Å². The van der Waals surface area contributed by atoms with Gasteiger partial charge in [0.2, 0.25) is 11.8 Å². The van der Waals surface area contributed by atoms with E-state index in [1.165, 1.54) is 14.2 Å². The number of hydrogen-bond donors (Lipinski definition) is 2. The number of ketones is 2. The maximum Gasteiger partial charge on any atom is 0.307 e. The third kappa shape index (κ3) is 10.7. The topological polar surface area (TPSA) is 143 Å². The lowest BCUT2D eigenvalue weighted by Crippen LogP contribution is -2.54. The number of halogens is 1. The summed E-state index contributed by atoms with van der Waals surface area (Å²) in [5.74, 6) is -4.88. The van der Waals surface area contributed by atoms with Crippen LogP contribution in [0.15, 0.2) is 30.3 Å². The molecular weight excluding hydrogens is 669 g/mol. The lowest BCUT2D eigenvalue weighted by molar-refractivity contribution is -0.150. The molecule has 3 rings (SSSR count). The molecular formula is C40H62FN3O8. The van der Waals surface area contributed by atoms with E-state index in [1.807, 2.05) is 58.0 Å². The maximum absolute atomic E-state index is 15.3. The van der Waals surface area contributed by atoms with Crippen molar-refractivity contribution in [2.75, 3.05) is 40.9 Å². The molecule has 1 aromatic rings. The lowest BCUT2D eigenvalue weighted by atomic mass is 9.83. The van der Waals surface area contributed by atoms with Gasteiger partial charge in [0.05, 0.1) is 36.6 Å². The predicted molar refractivity (Wildman–Crippen MR) is 196 cm³/mol. The summed E-state index contributed by atoms with van der Waals surface area (Å²) in [5.41, 5.74) is -1.14. The summed E-state index contributed by atoms with van der Waals surface area (Å²) in [6.07, 6.45) is 0.652. The van der Waals surface area contributed by atoms with Crippen LogP contribution >= 0.6 is 0 Å². The first kappa shape index (κ1) is 43.2. The number of hydrogen-bond acceptors (Lipinski definition) is 8. The molecule has 11 nitrogen and oxygen atoms in total. The zero-order valence-electron chi connectivity index (χ0n) is 32.4. The smallest absolute Gasteiger partial charge is 0.307 e. The van der Waals surface area contributed by atoms with Crippen LogP contribution in [0.4, 0.5) is 4.39 Å². The van der Waals surface area contributed by atoms with Crippen molar-refractivity contribution >= 4 is 29.4 Å². The average molecular weight is 732 g/mol. The Bertz CT molecular complexity index is 1350. The van der Waals surface area contributed by atoms with Crippen molar-refractivity contribution in [2.45, 2.75) is 116 Å². The second kappa shape index (κ2) is 19.7. The van der Waals surface area contributed by atoms with Crippen LogP contribution in [0.5, 0.6) is 0 Å². The number of carbonyl (C=O) groups is 5. The van der Waals surface area contributed by atoms with E-state index in [0.717, 1.165) is 5.56 Å². The minimum Gasteiger partial charge on any atom is -0.481 e. The number of carbonyl (C=O) groups excluding carboxylic acids is 4. The molecule has 2 aliphatic heterocycles. The van der Waals surface area contributed by atoms with E-state index in [2.05, 4.69) is 5.32 Å². The summed E-state index contributed by atoms with van der Waals surface area (Å²) in [6.45, 7) is 10.3. The third-order valence-electron chi connectivity index (χ3n) is 11.6. The van der Waals surface area contributed by atoms with E-state index in [0.29, 0.717) is 32.4 Å². The summed E-state index contributed by atoms with van der Waals surface area (Å²) in [5, 5.41) is 12.8. The molecule has 0 aromatic heterocycles. The second-order valence-electron chi connectivity index (χ2n) is 15.4. The van der Waals surface area contributed by atoms with Crippen molar-refractivity contribution < 1.29 is 42.9 Å². The number of carboxylic acids is 1. The Morgan fingerprint density at radius 2 is 1.71 bits per heavy atom. The first-order valence-corrected chi connectivity index (χ1v) is 18.9. The highest BCUT2D eigenvalue weighted by atomic mass is 19.1. The zero-order chi connectivity index (χ0) is 38.7. The highest BCUT2D eigenvalue weighted by Gasteiger charge is 2.46. The number of amides is 2. The Hall–Kier alpha value is -3.22. The molecule has 52 heavy (non-hydrogen) atoms. The quantitative estimate of drug-likeness (QED) is 0.183. The van der Waals surface area contributed by atoms with Gasteiger partial charge in [-0.1, -0.05) is 71.4 Å². The number of ether oxygens (including phenoxy) is 2. The maximum atomic E-state index is 15.3. The fraction of sp³-hybridized carbons (Fsp3) is 0.725. The number of nitrogens with one attached hydrogen (secondary N) is 1. The summed E-state index contributed by atoms with van der Waals surface area (Å²) in [4.78, 5) is 70.3. The van der Waals surface area contributed by atoms with Crippen LogP contribution in [-0.4, -0.2) is 115 Å². The third-order valence-corrected chi connectivity index (χ3v) is 11.6. The van der Waals surface area contributed by atoms with Gasteiger partial charge in [-0.15, -0.1) is 0 Å². The van der Waals surface area contributed by atoms with Crippen LogP contribution in [0.25, 0.3) is 0 Å². The Morgan fingerprint density at radius 1 is 1.04 bits per heavy atom. The molecule has 0 saturated carbocycles. The van der Waals surface area contributed by atoms with E-state index >= 15 is 4.39 Å². The molecule has 0 bridgehead atoms. The van der Waals surface area contributed by atoms with Gasteiger partial charge < -0.3 is 29.7 Å². The Kier molecular flexibility index (Phi) is 16.4. The van der Waals surface area contributed by atoms with Crippen molar-refractivity contribution in [2.24, 2.45) is 29.6 Å². The van der Waals surface area contributed by atoms with E-state index in [-0.39, 0.29) is 68.1 Å². The van der Waals surface area contributed by atoms with E-state index in [9.17, 15) is 29.1 Å². The molecule has 2 fully saturated rings. The summed E-state index contributed by atoms with van der Waals surface area (Å²) >= 11 is 0. The van der Waals surface area contributed by atoms with Crippen LogP contribution < -0.4 is 5.32 Å². The van der Waals surface area contributed by atoms with Gasteiger partial charge in [-0.2, -0.15) is 0 Å². The SMILES string of the molecule is CC[C@H](C)[C@@H]([C@@H](CC(=O)N1CCC[C@H]1[C@H](OC)[C@@H](C)C(=O)C[C@@H](Cc1ccccc1)C(=O)O)OC)N(C)C(=O)[C@@H](CC(=O)[C@]1(F)CCNC1)C(C)C. The van der Waals surface area contributed by atoms with Crippen LogP contribution in [0, 0.1) is 29.6 Å². The number of rotatable bonds is 21. The number of nitrogens with zero attached hydrogens (tertiary/aromatic N) is 2.